The number of hydrogen-bond donors (Lipinski definition) is 1. The topological polar surface area (TPSA) is 32.9 Å². The monoisotopic (exact) mass is 267 g/mol. The summed E-state index contributed by atoms with van der Waals surface area (Å²) in [4.78, 5) is 14.6. The number of ketones is 1. The predicted molar refractivity (Wildman–Crippen MR) is 58.3 cm³/mol. The Labute approximate surface area is 94.3 Å². The Morgan fingerprint density at radius 3 is 2.73 bits per heavy atom. The van der Waals surface area contributed by atoms with E-state index in [0.29, 0.717) is 15.7 Å². The van der Waals surface area contributed by atoms with Crippen molar-refractivity contribution in [2.45, 2.75) is 0 Å². The van der Waals surface area contributed by atoms with Gasteiger partial charge in [0.05, 0.1) is 10.2 Å². The molecule has 1 heterocycles. The largest absolute Gasteiger partial charge is 0.359 e. The van der Waals surface area contributed by atoms with E-state index in [1.54, 1.807) is 18.3 Å². The Morgan fingerprint density at radius 1 is 1.33 bits per heavy atom. The van der Waals surface area contributed by atoms with Crippen LogP contribution in [0.4, 0.5) is 4.39 Å². The van der Waals surface area contributed by atoms with Crippen molar-refractivity contribution in [3.8, 4) is 0 Å². The molecule has 4 heteroatoms. The lowest BCUT2D eigenvalue weighted by atomic mass is 10.1. The first-order valence-corrected chi connectivity index (χ1v) is 5.11. The Kier molecular flexibility index (Phi) is 2.68. The average molecular weight is 268 g/mol. The lowest BCUT2D eigenvalue weighted by molar-refractivity contribution is 0.103. The summed E-state index contributed by atoms with van der Waals surface area (Å²) in [6, 6.07) is 7.62. The molecule has 1 aromatic heterocycles. The van der Waals surface area contributed by atoms with Gasteiger partial charge in [-0.15, -0.1) is 0 Å². The number of aromatic nitrogens is 1. The lowest BCUT2D eigenvalue weighted by Gasteiger charge is -2.00. The van der Waals surface area contributed by atoms with Crippen molar-refractivity contribution in [3.63, 3.8) is 0 Å². The summed E-state index contributed by atoms with van der Waals surface area (Å²) >= 11 is 3.04. The zero-order chi connectivity index (χ0) is 10.8. The van der Waals surface area contributed by atoms with Crippen molar-refractivity contribution < 1.29 is 9.18 Å². The molecule has 1 aromatic carbocycles. The zero-order valence-corrected chi connectivity index (χ0v) is 9.21. The molecule has 2 nitrogen and oxygen atoms in total. The summed E-state index contributed by atoms with van der Waals surface area (Å²) in [5.41, 5.74) is 0.944. The number of benzene rings is 1. The van der Waals surface area contributed by atoms with Crippen molar-refractivity contribution >= 4 is 21.7 Å². The highest BCUT2D eigenvalue weighted by Gasteiger charge is 2.11. The fraction of sp³-hybridized carbons (Fsp3) is 0. The fourth-order valence-electron chi connectivity index (χ4n) is 1.26. The second-order valence-corrected chi connectivity index (χ2v) is 3.90. The number of carbonyl (C=O) groups is 1. The summed E-state index contributed by atoms with van der Waals surface area (Å²) in [6.45, 7) is 0. The molecule has 15 heavy (non-hydrogen) atoms. The maximum atomic E-state index is 12.9. The molecule has 0 saturated heterocycles. The maximum Gasteiger partial charge on any atom is 0.209 e. The third-order valence-corrected chi connectivity index (χ3v) is 2.63. The van der Waals surface area contributed by atoms with Crippen LogP contribution in [0.15, 0.2) is 41.0 Å². The molecule has 76 valence electrons. The van der Waals surface area contributed by atoms with Gasteiger partial charge >= 0.3 is 0 Å². The average Bonchev–Trinajstić information content (AvgIpc) is 2.74. The molecule has 0 aliphatic carbocycles. The number of aromatic amines is 1. The molecule has 0 bridgehead atoms. The molecule has 1 N–H and O–H groups in total. The first-order chi connectivity index (χ1) is 7.18. The van der Waals surface area contributed by atoms with E-state index in [0.717, 1.165) is 0 Å². The Morgan fingerprint density at radius 2 is 2.13 bits per heavy atom. The van der Waals surface area contributed by atoms with Crippen molar-refractivity contribution in [2.24, 2.45) is 0 Å². The summed E-state index contributed by atoms with van der Waals surface area (Å²) in [6.07, 6.45) is 1.67. The van der Waals surface area contributed by atoms with E-state index in [4.69, 9.17) is 0 Å². The first kappa shape index (κ1) is 10.1. The Balaban J connectivity index is 2.39. The molecule has 2 aromatic rings. The molecule has 0 unspecified atom stereocenters. The highest BCUT2D eigenvalue weighted by molar-refractivity contribution is 9.10. The first-order valence-electron chi connectivity index (χ1n) is 4.31. The van der Waals surface area contributed by atoms with Gasteiger partial charge in [-0.3, -0.25) is 4.79 Å². The molecule has 0 atom stereocenters. The maximum absolute atomic E-state index is 12.9. The zero-order valence-electron chi connectivity index (χ0n) is 7.63. The number of carbonyl (C=O) groups excluding carboxylic acids is 1. The predicted octanol–water partition coefficient (Wildman–Crippen LogP) is 3.15. The van der Waals surface area contributed by atoms with Crippen LogP contribution in [0, 0.1) is 5.82 Å². The van der Waals surface area contributed by atoms with E-state index in [1.807, 2.05) is 0 Å². The molecule has 0 radical (unpaired) electrons. The smallest absolute Gasteiger partial charge is 0.209 e. The number of H-pyrrole nitrogens is 1. The quantitative estimate of drug-likeness (QED) is 0.834. The van der Waals surface area contributed by atoms with Gasteiger partial charge in [0.1, 0.15) is 5.82 Å². The Bertz CT molecular complexity index is 493. The van der Waals surface area contributed by atoms with Crippen LogP contribution in [0.2, 0.25) is 0 Å². The van der Waals surface area contributed by atoms with Crippen LogP contribution in [0.5, 0.6) is 0 Å². The SMILES string of the molecule is O=C(c1ccc(F)c(Br)c1)c1ccc[nH]1. The van der Waals surface area contributed by atoms with E-state index >= 15 is 0 Å². The van der Waals surface area contributed by atoms with Crippen LogP contribution in [0.25, 0.3) is 0 Å². The number of nitrogens with one attached hydrogen (secondary N) is 1. The second-order valence-electron chi connectivity index (χ2n) is 3.04. The molecule has 2 rings (SSSR count). The van der Waals surface area contributed by atoms with Crippen LogP contribution >= 0.6 is 15.9 Å². The minimum Gasteiger partial charge on any atom is -0.359 e. The molecule has 0 saturated carbocycles. The van der Waals surface area contributed by atoms with Crippen LogP contribution < -0.4 is 0 Å². The van der Waals surface area contributed by atoms with E-state index in [-0.39, 0.29) is 11.6 Å². The van der Waals surface area contributed by atoms with Gasteiger partial charge < -0.3 is 4.98 Å². The minimum atomic E-state index is -0.377. The highest BCUT2D eigenvalue weighted by Crippen LogP contribution is 2.18. The van der Waals surface area contributed by atoms with Crippen molar-refractivity contribution in [3.05, 3.63) is 58.1 Å². The van der Waals surface area contributed by atoms with E-state index < -0.39 is 0 Å². The summed E-state index contributed by atoms with van der Waals surface area (Å²) in [5.74, 6) is -0.529. The normalized spacial score (nSPS) is 10.3. The standard InChI is InChI=1S/C11H7BrFNO/c12-8-6-7(3-4-9(8)13)11(15)10-2-1-5-14-10/h1-6,14H. The minimum absolute atomic E-state index is 0.152. The number of rotatable bonds is 2. The van der Waals surface area contributed by atoms with Gasteiger partial charge in [0.2, 0.25) is 5.78 Å². The molecule has 0 amide bonds. The van der Waals surface area contributed by atoms with Crippen LogP contribution in [-0.4, -0.2) is 10.8 Å². The van der Waals surface area contributed by atoms with Crippen molar-refractivity contribution in [1.29, 1.82) is 0 Å². The third-order valence-electron chi connectivity index (χ3n) is 2.02. The van der Waals surface area contributed by atoms with Gasteiger partial charge in [-0.1, -0.05) is 0 Å². The molecule has 0 aliphatic heterocycles. The third kappa shape index (κ3) is 1.99. The van der Waals surface area contributed by atoms with E-state index in [2.05, 4.69) is 20.9 Å². The van der Waals surface area contributed by atoms with Gasteiger partial charge in [0.15, 0.2) is 0 Å². The highest BCUT2D eigenvalue weighted by atomic mass is 79.9. The lowest BCUT2D eigenvalue weighted by Crippen LogP contribution is -2.01. The molecule has 0 aliphatic rings. The van der Waals surface area contributed by atoms with Crippen molar-refractivity contribution in [1.82, 2.24) is 4.98 Å². The second kappa shape index (κ2) is 3.98. The van der Waals surface area contributed by atoms with E-state index in [1.165, 1.54) is 18.2 Å². The Hall–Kier alpha value is -1.42. The summed E-state index contributed by atoms with van der Waals surface area (Å²) in [5, 5.41) is 0. The molecule has 0 spiro atoms. The van der Waals surface area contributed by atoms with Gasteiger partial charge in [-0.05, 0) is 46.3 Å². The van der Waals surface area contributed by atoms with Gasteiger partial charge in [0.25, 0.3) is 0 Å². The van der Waals surface area contributed by atoms with Gasteiger partial charge in [-0.25, -0.2) is 4.39 Å². The van der Waals surface area contributed by atoms with E-state index in [9.17, 15) is 9.18 Å². The van der Waals surface area contributed by atoms with Crippen molar-refractivity contribution in [2.75, 3.05) is 0 Å². The van der Waals surface area contributed by atoms with Crippen LogP contribution in [0.3, 0.4) is 0 Å². The molecular weight excluding hydrogens is 261 g/mol. The van der Waals surface area contributed by atoms with Crippen LogP contribution in [0.1, 0.15) is 16.1 Å². The summed E-state index contributed by atoms with van der Waals surface area (Å²) < 4.78 is 13.2. The van der Waals surface area contributed by atoms with Crippen LogP contribution in [-0.2, 0) is 0 Å². The molecule has 0 fully saturated rings. The fourth-order valence-corrected chi connectivity index (χ4v) is 1.64. The summed E-state index contributed by atoms with van der Waals surface area (Å²) in [7, 11) is 0. The van der Waals surface area contributed by atoms with Gasteiger partial charge in [0, 0.05) is 11.8 Å². The van der Waals surface area contributed by atoms with Gasteiger partial charge in [-0.2, -0.15) is 0 Å². The molecular formula is C11H7BrFNO. The number of halogens is 2. The number of hydrogen-bond acceptors (Lipinski definition) is 1.